The van der Waals surface area contributed by atoms with Gasteiger partial charge in [-0.1, -0.05) is 50.7 Å². The zero-order chi connectivity index (χ0) is 26.5. The molecule has 196 valence electrons. The van der Waals surface area contributed by atoms with Crippen molar-refractivity contribution in [2.45, 2.75) is 52.2 Å². The number of thioether (sulfide) groups is 1. The summed E-state index contributed by atoms with van der Waals surface area (Å²) >= 11 is 1.56. The minimum atomic E-state index is -0.502. The van der Waals surface area contributed by atoms with Gasteiger partial charge in [0.15, 0.2) is 11.5 Å². The van der Waals surface area contributed by atoms with Gasteiger partial charge in [-0.3, -0.25) is 4.79 Å². The quantitative estimate of drug-likeness (QED) is 0.313. The molecule has 1 aliphatic heterocycles. The van der Waals surface area contributed by atoms with Crippen LogP contribution in [0.1, 0.15) is 51.3 Å². The molecule has 9 heteroatoms. The van der Waals surface area contributed by atoms with Gasteiger partial charge in [0.1, 0.15) is 6.04 Å². The highest BCUT2D eigenvalue weighted by molar-refractivity contribution is 7.99. The summed E-state index contributed by atoms with van der Waals surface area (Å²) in [5, 5.41) is 11.8. The number of fused-ring (bicyclic) bond motifs is 1. The van der Waals surface area contributed by atoms with Gasteiger partial charge in [0.05, 0.1) is 19.3 Å². The van der Waals surface area contributed by atoms with Gasteiger partial charge in [-0.05, 0) is 67.3 Å². The minimum absolute atomic E-state index is 0.206. The van der Waals surface area contributed by atoms with Crippen molar-refractivity contribution in [3.63, 3.8) is 0 Å². The Morgan fingerprint density at radius 3 is 2.70 bits per heavy atom. The number of nitrogens with zero attached hydrogens (tertiary/aromatic N) is 3. The highest BCUT2D eigenvalue weighted by Crippen LogP contribution is 2.40. The van der Waals surface area contributed by atoms with Crippen molar-refractivity contribution >= 4 is 29.3 Å². The minimum Gasteiger partial charge on any atom is -0.493 e. The van der Waals surface area contributed by atoms with Crippen LogP contribution in [-0.4, -0.2) is 40.1 Å². The molecule has 3 aromatic rings. The fourth-order valence-corrected chi connectivity index (χ4v) is 4.78. The molecule has 1 aliphatic rings. The normalized spacial score (nSPS) is 14.8. The van der Waals surface area contributed by atoms with E-state index in [0.717, 1.165) is 34.7 Å². The van der Waals surface area contributed by atoms with Crippen molar-refractivity contribution in [2.24, 2.45) is 5.92 Å². The summed E-state index contributed by atoms with van der Waals surface area (Å²) < 4.78 is 13.5. The molecule has 1 aromatic heterocycles. The zero-order valence-corrected chi connectivity index (χ0v) is 23.1. The van der Waals surface area contributed by atoms with E-state index in [2.05, 4.69) is 36.4 Å². The number of hydrogen-bond acceptors (Lipinski definition) is 7. The third-order valence-electron chi connectivity index (χ3n) is 6.08. The van der Waals surface area contributed by atoms with Crippen LogP contribution in [0.3, 0.4) is 0 Å². The average Bonchev–Trinajstić information content (AvgIpc) is 3.25. The van der Waals surface area contributed by atoms with Crippen LogP contribution in [0.4, 0.5) is 11.6 Å². The van der Waals surface area contributed by atoms with Crippen LogP contribution in [0.5, 0.6) is 11.5 Å². The molecular weight excluding hydrogens is 486 g/mol. The molecule has 2 N–H and O–H groups in total. The molecule has 0 spiro atoms. The predicted octanol–water partition coefficient (Wildman–Crippen LogP) is 6.06. The van der Waals surface area contributed by atoms with Crippen molar-refractivity contribution < 1.29 is 14.3 Å². The first kappa shape index (κ1) is 26.6. The van der Waals surface area contributed by atoms with Crippen LogP contribution in [0, 0.1) is 12.8 Å². The molecule has 0 fully saturated rings. The number of allylic oxidation sites excluding steroid dienone is 1. The van der Waals surface area contributed by atoms with Gasteiger partial charge >= 0.3 is 0 Å². The fourth-order valence-electron chi connectivity index (χ4n) is 4.22. The Kier molecular flexibility index (Phi) is 8.43. The summed E-state index contributed by atoms with van der Waals surface area (Å²) in [5.41, 5.74) is 3.94. The van der Waals surface area contributed by atoms with E-state index in [0.29, 0.717) is 40.7 Å². The van der Waals surface area contributed by atoms with Gasteiger partial charge in [0.2, 0.25) is 11.1 Å². The van der Waals surface area contributed by atoms with Crippen molar-refractivity contribution in [1.82, 2.24) is 14.8 Å². The molecule has 2 aromatic carbocycles. The van der Waals surface area contributed by atoms with E-state index in [9.17, 15) is 4.79 Å². The maximum absolute atomic E-state index is 13.7. The number of hydrogen-bond donors (Lipinski definition) is 2. The number of carbonyl (C=O) groups excluding carboxylic acids is 1. The molecule has 37 heavy (non-hydrogen) atoms. The first-order valence-corrected chi connectivity index (χ1v) is 13.5. The lowest BCUT2D eigenvalue weighted by Crippen LogP contribution is -2.31. The summed E-state index contributed by atoms with van der Waals surface area (Å²) in [4.78, 5) is 18.4. The van der Waals surface area contributed by atoms with Crippen LogP contribution in [-0.2, 0) is 4.79 Å². The average molecular weight is 522 g/mol. The van der Waals surface area contributed by atoms with E-state index in [1.807, 2.05) is 56.3 Å². The molecule has 4 rings (SSSR count). The lowest BCUT2D eigenvalue weighted by molar-refractivity contribution is -0.113. The first-order valence-electron chi connectivity index (χ1n) is 12.6. The molecule has 1 amide bonds. The summed E-state index contributed by atoms with van der Waals surface area (Å²) in [6.45, 7) is 10.9. The maximum Gasteiger partial charge on any atom is 0.255 e. The molecule has 0 saturated heterocycles. The van der Waals surface area contributed by atoms with Gasteiger partial charge in [-0.15, -0.1) is 5.10 Å². The maximum atomic E-state index is 13.7. The Hall–Kier alpha value is -3.46. The van der Waals surface area contributed by atoms with Crippen molar-refractivity contribution in [1.29, 1.82) is 0 Å². The Morgan fingerprint density at radius 2 is 2.00 bits per heavy atom. The molecule has 0 aliphatic carbocycles. The van der Waals surface area contributed by atoms with Crippen LogP contribution in [0.25, 0.3) is 0 Å². The van der Waals surface area contributed by atoms with E-state index in [1.165, 1.54) is 0 Å². The summed E-state index contributed by atoms with van der Waals surface area (Å²) in [5.74, 6) is 3.07. The van der Waals surface area contributed by atoms with E-state index in [1.54, 1.807) is 23.6 Å². The SMILES string of the molecule is CCSc1nc2n(n1)C(c1ccc(OCCC(C)C)c(OC)c1)C(C(=O)Nc1cccc(C)c1)=C(C)N2. The Bertz CT molecular complexity index is 1300. The number of methoxy groups -OCH3 is 1. The second-order valence-corrected chi connectivity index (χ2v) is 10.7. The Balaban J connectivity index is 1.74. The number of nitrogens with one attached hydrogen (secondary N) is 2. The van der Waals surface area contributed by atoms with Gasteiger partial charge in [-0.2, -0.15) is 4.98 Å². The van der Waals surface area contributed by atoms with E-state index in [4.69, 9.17) is 14.6 Å². The summed E-state index contributed by atoms with van der Waals surface area (Å²) in [7, 11) is 1.63. The number of benzene rings is 2. The van der Waals surface area contributed by atoms with Crippen LogP contribution in [0.15, 0.2) is 58.9 Å². The van der Waals surface area contributed by atoms with Crippen molar-refractivity contribution in [2.75, 3.05) is 30.1 Å². The molecule has 1 unspecified atom stereocenters. The predicted molar refractivity (Wildman–Crippen MR) is 149 cm³/mol. The number of anilines is 2. The molecular formula is C28H35N5O3S. The molecule has 0 radical (unpaired) electrons. The third-order valence-corrected chi connectivity index (χ3v) is 6.80. The summed E-state index contributed by atoms with van der Waals surface area (Å²) in [6, 6.07) is 13.0. The van der Waals surface area contributed by atoms with E-state index < -0.39 is 6.04 Å². The number of ether oxygens (including phenoxy) is 2. The largest absolute Gasteiger partial charge is 0.493 e. The lowest BCUT2D eigenvalue weighted by Gasteiger charge is -2.29. The van der Waals surface area contributed by atoms with Crippen LogP contribution in [0.2, 0.25) is 0 Å². The number of aryl methyl sites for hydroxylation is 1. The first-order chi connectivity index (χ1) is 17.8. The monoisotopic (exact) mass is 521 g/mol. The van der Waals surface area contributed by atoms with Gasteiger partial charge < -0.3 is 20.1 Å². The van der Waals surface area contributed by atoms with E-state index in [-0.39, 0.29) is 5.91 Å². The summed E-state index contributed by atoms with van der Waals surface area (Å²) in [6.07, 6.45) is 0.949. The highest BCUT2D eigenvalue weighted by Gasteiger charge is 2.35. The zero-order valence-electron chi connectivity index (χ0n) is 22.3. The molecule has 0 saturated carbocycles. The Labute approximate surface area is 222 Å². The second-order valence-electron chi connectivity index (χ2n) is 9.43. The van der Waals surface area contributed by atoms with Gasteiger partial charge in [0.25, 0.3) is 5.91 Å². The molecule has 0 bridgehead atoms. The topological polar surface area (TPSA) is 90.3 Å². The highest BCUT2D eigenvalue weighted by atomic mass is 32.2. The Morgan fingerprint density at radius 1 is 1.19 bits per heavy atom. The smallest absolute Gasteiger partial charge is 0.255 e. The number of aromatic nitrogens is 3. The fraction of sp³-hybridized carbons (Fsp3) is 0.393. The molecule has 8 nitrogen and oxygen atoms in total. The van der Waals surface area contributed by atoms with Gasteiger partial charge in [0, 0.05) is 11.4 Å². The van der Waals surface area contributed by atoms with Crippen molar-refractivity contribution in [3.05, 3.63) is 64.9 Å². The number of rotatable bonds is 10. The van der Waals surface area contributed by atoms with Crippen LogP contribution < -0.4 is 20.1 Å². The lowest BCUT2D eigenvalue weighted by atomic mass is 9.94. The third kappa shape index (κ3) is 6.10. The van der Waals surface area contributed by atoms with Gasteiger partial charge in [-0.25, -0.2) is 4.68 Å². The van der Waals surface area contributed by atoms with Crippen molar-refractivity contribution in [3.8, 4) is 11.5 Å². The molecule has 2 heterocycles. The number of amides is 1. The van der Waals surface area contributed by atoms with Crippen LogP contribution >= 0.6 is 11.8 Å². The number of carbonyl (C=O) groups is 1. The standard InChI is InChI=1S/C28H35N5O3S/c1-7-37-28-31-27-29-19(5)24(26(34)30-21-10-8-9-18(4)15-21)25(33(27)32-28)20-11-12-22(23(16-20)35-6)36-14-13-17(2)3/h8-12,15-17,25H,7,13-14H2,1-6H3,(H,30,34)(H,29,31,32). The molecule has 1 atom stereocenters. The van der Waals surface area contributed by atoms with E-state index >= 15 is 0 Å². The second kappa shape index (κ2) is 11.7.